The number of hydrogen-bond acceptors (Lipinski definition) is 2. The van der Waals surface area contributed by atoms with Gasteiger partial charge in [-0.15, -0.1) is 0 Å². The van der Waals surface area contributed by atoms with Crippen LogP contribution in [0, 0.1) is 11.3 Å². The summed E-state index contributed by atoms with van der Waals surface area (Å²) in [6.45, 7) is 7.81. The van der Waals surface area contributed by atoms with Crippen LogP contribution < -0.4 is 5.32 Å². The van der Waals surface area contributed by atoms with E-state index in [9.17, 15) is 0 Å². The first-order valence-electron chi connectivity index (χ1n) is 8.99. The van der Waals surface area contributed by atoms with Gasteiger partial charge in [0.15, 0.2) is 5.96 Å². The summed E-state index contributed by atoms with van der Waals surface area (Å²) in [6, 6.07) is 4.21. The number of nitrogens with zero attached hydrogens (tertiary/aromatic N) is 3. The fourth-order valence-corrected chi connectivity index (χ4v) is 4.07. The number of likely N-dealkylation sites (tertiary alicyclic amines) is 1. The molecule has 0 bridgehead atoms. The van der Waals surface area contributed by atoms with E-state index in [-0.39, 0.29) is 0 Å². The topological polar surface area (TPSA) is 40.5 Å². The summed E-state index contributed by atoms with van der Waals surface area (Å²) in [5.74, 6) is 2.10. The van der Waals surface area contributed by atoms with Gasteiger partial charge in [0.25, 0.3) is 0 Å². The molecule has 1 spiro atoms. The third-order valence-corrected chi connectivity index (χ3v) is 5.76. The first-order chi connectivity index (χ1) is 11.1. The van der Waals surface area contributed by atoms with Crippen LogP contribution in [0.15, 0.2) is 29.5 Å². The van der Waals surface area contributed by atoms with Gasteiger partial charge in [-0.3, -0.25) is 9.98 Å². The molecule has 23 heavy (non-hydrogen) atoms. The maximum atomic E-state index is 4.53. The zero-order valence-electron chi connectivity index (χ0n) is 14.8. The Morgan fingerprint density at radius 1 is 1.39 bits per heavy atom. The molecular formula is C19H30N4. The minimum absolute atomic E-state index is 0.459. The summed E-state index contributed by atoms with van der Waals surface area (Å²) in [7, 11) is 1.91. The standard InChI is InChI=1S/C19H30N4/c1-15(2)17(16-6-4-10-21-12-16)13-22-18(20-3)23-11-9-19(14-23)7-5-8-19/h4,6,10,12,15,17H,5,7-9,11,13-14H2,1-3H3,(H,20,22). The molecule has 1 aromatic heterocycles. The van der Waals surface area contributed by atoms with Crippen LogP contribution in [0.5, 0.6) is 0 Å². The lowest BCUT2D eigenvalue weighted by molar-refractivity contribution is 0.151. The molecule has 4 heteroatoms. The quantitative estimate of drug-likeness (QED) is 0.685. The molecule has 3 rings (SSSR count). The predicted octanol–water partition coefficient (Wildman–Crippen LogP) is 3.27. The maximum absolute atomic E-state index is 4.53. The van der Waals surface area contributed by atoms with Gasteiger partial charge in [-0.05, 0) is 42.2 Å². The van der Waals surface area contributed by atoms with Gasteiger partial charge in [-0.1, -0.05) is 26.3 Å². The lowest BCUT2D eigenvalue weighted by atomic mass is 9.68. The molecule has 4 nitrogen and oxygen atoms in total. The molecule has 1 N–H and O–H groups in total. The van der Waals surface area contributed by atoms with Gasteiger partial charge in [0.2, 0.25) is 0 Å². The van der Waals surface area contributed by atoms with E-state index in [1.54, 1.807) is 0 Å². The molecule has 1 saturated carbocycles. The van der Waals surface area contributed by atoms with Gasteiger partial charge in [-0.25, -0.2) is 0 Å². The first kappa shape index (κ1) is 16.3. The smallest absolute Gasteiger partial charge is 0.193 e. The van der Waals surface area contributed by atoms with Gasteiger partial charge in [0, 0.05) is 45.0 Å². The molecule has 1 aliphatic carbocycles. The van der Waals surface area contributed by atoms with Crippen molar-refractivity contribution in [1.29, 1.82) is 0 Å². The van der Waals surface area contributed by atoms with Crippen LogP contribution >= 0.6 is 0 Å². The highest BCUT2D eigenvalue weighted by atomic mass is 15.3. The molecule has 0 radical (unpaired) electrons. The summed E-state index contributed by atoms with van der Waals surface area (Å²) in [5, 5.41) is 3.63. The largest absolute Gasteiger partial charge is 0.356 e. The predicted molar refractivity (Wildman–Crippen MR) is 95.7 cm³/mol. The van der Waals surface area contributed by atoms with Gasteiger partial charge in [0.1, 0.15) is 0 Å². The van der Waals surface area contributed by atoms with Crippen LogP contribution in [0.25, 0.3) is 0 Å². The average Bonchev–Trinajstić information content (AvgIpc) is 2.98. The van der Waals surface area contributed by atoms with E-state index in [1.807, 2.05) is 25.5 Å². The molecule has 1 atom stereocenters. The fraction of sp³-hybridized carbons (Fsp3) is 0.684. The van der Waals surface area contributed by atoms with E-state index in [0.717, 1.165) is 19.0 Å². The van der Waals surface area contributed by atoms with E-state index in [0.29, 0.717) is 17.3 Å². The monoisotopic (exact) mass is 314 g/mol. The van der Waals surface area contributed by atoms with Crippen LogP contribution in [-0.2, 0) is 0 Å². The van der Waals surface area contributed by atoms with E-state index < -0.39 is 0 Å². The third-order valence-electron chi connectivity index (χ3n) is 5.76. The lowest BCUT2D eigenvalue weighted by Gasteiger charge is -2.38. The van der Waals surface area contributed by atoms with Crippen molar-refractivity contribution in [2.75, 3.05) is 26.7 Å². The number of aliphatic imine (C=N–C) groups is 1. The highest BCUT2D eigenvalue weighted by molar-refractivity contribution is 5.80. The minimum atomic E-state index is 0.459. The average molecular weight is 314 g/mol. The summed E-state index contributed by atoms with van der Waals surface area (Å²) >= 11 is 0. The summed E-state index contributed by atoms with van der Waals surface area (Å²) in [4.78, 5) is 11.3. The molecule has 2 aliphatic rings. The third kappa shape index (κ3) is 3.51. The van der Waals surface area contributed by atoms with Gasteiger partial charge < -0.3 is 10.2 Å². The Balaban J connectivity index is 1.61. The molecule has 2 heterocycles. The van der Waals surface area contributed by atoms with E-state index in [2.05, 4.69) is 40.1 Å². The molecule has 1 aliphatic heterocycles. The van der Waals surface area contributed by atoms with Crippen molar-refractivity contribution in [3.05, 3.63) is 30.1 Å². The Labute approximate surface area is 140 Å². The molecular weight excluding hydrogens is 284 g/mol. The van der Waals surface area contributed by atoms with Crippen LogP contribution in [0.1, 0.15) is 51.0 Å². The van der Waals surface area contributed by atoms with Gasteiger partial charge in [0.05, 0.1) is 0 Å². The number of nitrogens with one attached hydrogen (secondary N) is 1. The second kappa shape index (κ2) is 6.90. The molecule has 1 saturated heterocycles. The summed E-state index contributed by atoms with van der Waals surface area (Å²) < 4.78 is 0. The van der Waals surface area contributed by atoms with Crippen molar-refractivity contribution in [3.8, 4) is 0 Å². The number of rotatable bonds is 4. The highest BCUT2D eigenvalue weighted by Gasteiger charge is 2.43. The molecule has 1 unspecified atom stereocenters. The van der Waals surface area contributed by atoms with Gasteiger partial charge >= 0.3 is 0 Å². The van der Waals surface area contributed by atoms with Crippen LogP contribution in [-0.4, -0.2) is 42.5 Å². The number of hydrogen-bond donors (Lipinski definition) is 1. The van der Waals surface area contributed by atoms with Crippen LogP contribution in [0.3, 0.4) is 0 Å². The second-order valence-electron chi connectivity index (χ2n) is 7.59. The number of pyridine rings is 1. The van der Waals surface area contributed by atoms with Crippen molar-refractivity contribution in [2.24, 2.45) is 16.3 Å². The SMILES string of the molecule is CN=C(NCC(c1cccnc1)C(C)C)N1CCC2(CCC2)C1. The highest BCUT2D eigenvalue weighted by Crippen LogP contribution is 2.47. The first-order valence-corrected chi connectivity index (χ1v) is 8.99. The van der Waals surface area contributed by atoms with E-state index in [4.69, 9.17) is 0 Å². The Morgan fingerprint density at radius 3 is 2.74 bits per heavy atom. The summed E-state index contributed by atoms with van der Waals surface area (Å²) in [6.07, 6.45) is 9.40. The number of guanidine groups is 1. The van der Waals surface area contributed by atoms with E-state index in [1.165, 1.54) is 37.8 Å². The summed E-state index contributed by atoms with van der Waals surface area (Å²) in [5.41, 5.74) is 1.92. The molecule has 126 valence electrons. The normalized spacial score (nSPS) is 21.6. The Morgan fingerprint density at radius 2 is 2.22 bits per heavy atom. The Bertz CT molecular complexity index is 534. The molecule has 2 fully saturated rings. The van der Waals surface area contributed by atoms with Crippen molar-refractivity contribution >= 4 is 5.96 Å². The van der Waals surface area contributed by atoms with Crippen LogP contribution in [0.2, 0.25) is 0 Å². The zero-order valence-corrected chi connectivity index (χ0v) is 14.8. The van der Waals surface area contributed by atoms with Crippen molar-refractivity contribution in [3.63, 3.8) is 0 Å². The Kier molecular flexibility index (Phi) is 4.88. The number of aromatic nitrogens is 1. The van der Waals surface area contributed by atoms with Crippen molar-refractivity contribution < 1.29 is 0 Å². The van der Waals surface area contributed by atoms with Crippen LogP contribution in [0.4, 0.5) is 0 Å². The van der Waals surface area contributed by atoms with Crippen molar-refractivity contribution in [2.45, 2.75) is 45.4 Å². The zero-order chi connectivity index (χ0) is 16.3. The minimum Gasteiger partial charge on any atom is -0.356 e. The van der Waals surface area contributed by atoms with E-state index >= 15 is 0 Å². The molecule has 0 aromatic carbocycles. The second-order valence-corrected chi connectivity index (χ2v) is 7.59. The molecule has 0 amide bonds. The fourth-order valence-electron chi connectivity index (χ4n) is 4.07. The van der Waals surface area contributed by atoms with Crippen molar-refractivity contribution in [1.82, 2.24) is 15.2 Å². The molecule has 1 aromatic rings. The maximum Gasteiger partial charge on any atom is 0.193 e. The Hall–Kier alpha value is -1.58. The lowest BCUT2D eigenvalue weighted by Crippen LogP contribution is -2.44. The van der Waals surface area contributed by atoms with Gasteiger partial charge in [-0.2, -0.15) is 0 Å².